The number of carbonyl (C=O) groups excluding carboxylic acids is 1. The van der Waals surface area contributed by atoms with Crippen LogP contribution in [0.5, 0.6) is 0 Å². The van der Waals surface area contributed by atoms with E-state index in [9.17, 15) is 4.79 Å². The number of amides is 1. The van der Waals surface area contributed by atoms with Crippen LogP contribution in [0.25, 0.3) is 11.4 Å². The van der Waals surface area contributed by atoms with Gasteiger partial charge in [-0.25, -0.2) is 0 Å². The zero-order chi connectivity index (χ0) is 18.1. The van der Waals surface area contributed by atoms with Crippen LogP contribution in [0.3, 0.4) is 0 Å². The molecular formula is C18H16Cl2N4OS. The number of rotatable bonds is 3. The van der Waals surface area contributed by atoms with Crippen molar-refractivity contribution in [3.8, 4) is 11.4 Å². The molecule has 0 radical (unpaired) electrons. The Morgan fingerprint density at radius 1 is 1.15 bits per heavy atom. The first-order valence-corrected chi connectivity index (χ1v) is 9.98. The number of nitrogens with one attached hydrogen (secondary N) is 1. The SMILES string of the molecule is O=C(Nc1cccc(-c2nnc3n2CCCCC3)c1)c1cc(Cl)sc1Cl. The van der Waals surface area contributed by atoms with Gasteiger partial charge in [0.2, 0.25) is 0 Å². The molecular weight excluding hydrogens is 391 g/mol. The van der Waals surface area contributed by atoms with E-state index < -0.39 is 0 Å². The molecule has 0 atom stereocenters. The molecule has 0 bridgehead atoms. The van der Waals surface area contributed by atoms with Gasteiger partial charge in [-0.3, -0.25) is 4.79 Å². The van der Waals surface area contributed by atoms with Crippen LogP contribution in [-0.4, -0.2) is 20.7 Å². The number of anilines is 1. The maximum atomic E-state index is 12.4. The summed E-state index contributed by atoms with van der Waals surface area (Å²) in [5, 5.41) is 11.6. The van der Waals surface area contributed by atoms with E-state index >= 15 is 0 Å². The minimum absolute atomic E-state index is 0.282. The van der Waals surface area contributed by atoms with Crippen LogP contribution in [0.2, 0.25) is 8.67 Å². The molecule has 1 amide bonds. The summed E-state index contributed by atoms with van der Waals surface area (Å²) in [6, 6.07) is 9.19. The fraction of sp³-hybridized carbons (Fsp3) is 0.278. The minimum atomic E-state index is -0.282. The van der Waals surface area contributed by atoms with Crippen molar-refractivity contribution >= 4 is 46.1 Å². The van der Waals surface area contributed by atoms with Gasteiger partial charge in [0.15, 0.2) is 5.82 Å². The largest absolute Gasteiger partial charge is 0.322 e. The zero-order valence-corrected chi connectivity index (χ0v) is 16.2. The molecule has 3 aromatic rings. The van der Waals surface area contributed by atoms with Crippen LogP contribution in [0.15, 0.2) is 30.3 Å². The van der Waals surface area contributed by atoms with Gasteiger partial charge in [-0.2, -0.15) is 0 Å². The number of fused-ring (bicyclic) bond motifs is 1. The lowest BCUT2D eigenvalue weighted by Gasteiger charge is -2.09. The molecule has 2 aromatic heterocycles. The lowest BCUT2D eigenvalue weighted by atomic mass is 10.1. The number of aryl methyl sites for hydroxylation is 1. The summed E-state index contributed by atoms with van der Waals surface area (Å²) in [5.41, 5.74) is 1.98. The third kappa shape index (κ3) is 3.49. The molecule has 3 heterocycles. The highest BCUT2D eigenvalue weighted by atomic mass is 35.5. The number of hydrogen-bond acceptors (Lipinski definition) is 4. The van der Waals surface area contributed by atoms with Crippen molar-refractivity contribution in [3.05, 3.63) is 50.4 Å². The molecule has 1 N–H and O–H groups in total. The van der Waals surface area contributed by atoms with E-state index in [2.05, 4.69) is 20.1 Å². The third-order valence-electron chi connectivity index (χ3n) is 4.39. The molecule has 0 spiro atoms. The van der Waals surface area contributed by atoms with E-state index in [1.54, 1.807) is 6.07 Å². The second-order valence-electron chi connectivity index (χ2n) is 6.17. The van der Waals surface area contributed by atoms with Gasteiger partial charge in [-0.15, -0.1) is 21.5 Å². The van der Waals surface area contributed by atoms with Crippen molar-refractivity contribution in [2.45, 2.75) is 32.2 Å². The van der Waals surface area contributed by atoms with Gasteiger partial charge in [0, 0.05) is 24.2 Å². The van der Waals surface area contributed by atoms with Crippen molar-refractivity contribution in [1.82, 2.24) is 14.8 Å². The fourth-order valence-electron chi connectivity index (χ4n) is 3.13. The number of nitrogens with zero attached hydrogens (tertiary/aromatic N) is 3. The first-order chi connectivity index (χ1) is 12.6. The molecule has 8 heteroatoms. The standard InChI is InChI=1S/C18H16Cl2N4OS/c19-14-10-13(16(20)26-14)18(25)21-12-6-4-5-11(9-12)17-23-22-15-7-2-1-3-8-24(15)17/h4-6,9-10H,1-3,7-8H2,(H,21,25). The van der Waals surface area contributed by atoms with Gasteiger partial charge >= 0.3 is 0 Å². The summed E-state index contributed by atoms with van der Waals surface area (Å²) in [5.74, 6) is 1.59. The van der Waals surface area contributed by atoms with E-state index in [-0.39, 0.29) is 5.91 Å². The predicted octanol–water partition coefficient (Wildman–Crippen LogP) is 5.29. The second-order valence-corrected chi connectivity index (χ2v) is 8.46. The lowest BCUT2D eigenvalue weighted by molar-refractivity contribution is 0.102. The molecule has 0 aliphatic carbocycles. The van der Waals surface area contributed by atoms with Crippen molar-refractivity contribution in [2.75, 3.05) is 5.32 Å². The molecule has 134 valence electrons. The Bertz CT molecular complexity index is 966. The molecule has 1 aliphatic heterocycles. The highest BCUT2D eigenvalue weighted by Gasteiger charge is 2.17. The first kappa shape index (κ1) is 17.5. The molecule has 1 aliphatic rings. The summed E-state index contributed by atoms with van der Waals surface area (Å²) < 4.78 is 3.05. The van der Waals surface area contributed by atoms with E-state index in [0.29, 0.717) is 19.9 Å². The Balaban J connectivity index is 1.60. The molecule has 0 unspecified atom stereocenters. The average Bonchev–Trinajstić information content (AvgIpc) is 3.09. The normalized spacial score (nSPS) is 13.9. The zero-order valence-electron chi connectivity index (χ0n) is 13.8. The topological polar surface area (TPSA) is 59.8 Å². The molecule has 0 fully saturated rings. The first-order valence-electron chi connectivity index (χ1n) is 8.40. The van der Waals surface area contributed by atoms with Crippen LogP contribution < -0.4 is 5.32 Å². The molecule has 4 rings (SSSR count). The smallest absolute Gasteiger partial charge is 0.258 e. The van der Waals surface area contributed by atoms with E-state index in [1.807, 2.05) is 24.3 Å². The van der Waals surface area contributed by atoms with Crippen LogP contribution in [0.1, 0.15) is 35.4 Å². The quantitative estimate of drug-likeness (QED) is 0.642. The minimum Gasteiger partial charge on any atom is -0.322 e. The van der Waals surface area contributed by atoms with Gasteiger partial charge < -0.3 is 9.88 Å². The number of hydrogen-bond donors (Lipinski definition) is 1. The Morgan fingerprint density at radius 2 is 2.04 bits per heavy atom. The summed E-state index contributed by atoms with van der Waals surface area (Å²) >= 11 is 13.2. The lowest BCUT2D eigenvalue weighted by Crippen LogP contribution is -2.11. The molecule has 1 aromatic carbocycles. The number of benzene rings is 1. The highest BCUT2D eigenvalue weighted by molar-refractivity contribution is 7.20. The van der Waals surface area contributed by atoms with Gasteiger partial charge in [-0.05, 0) is 31.0 Å². The molecule has 5 nitrogen and oxygen atoms in total. The van der Waals surface area contributed by atoms with Crippen molar-refractivity contribution < 1.29 is 4.79 Å². The van der Waals surface area contributed by atoms with Crippen molar-refractivity contribution in [2.24, 2.45) is 0 Å². The summed E-state index contributed by atoms with van der Waals surface area (Å²) in [6.07, 6.45) is 4.45. The molecule has 0 saturated carbocycles. The predicted molar refractivity (Wildman–Crippen MR) is 105 cm³/mol. The van der Waals surface area contributed by atoms with Crippen LogP contribution >= 0.6 is 34.5 Å². The summed E-state index contributed by atoms with van der Waals surface area (Å²) in [4.78, 5) is 12.4. The molecule has 26 heavy (non-hydrogen) atoms. The number of halogens is 2. The molecule has 0 saturated heterocycles. The van der Waals surface area contributed by atoms with Crippen molar-refractivity contribution in [1.29, 1.82) is 0 Å². The monoisotopic (exact) mass is 406 g/mol. The van der Waals surface area contributed by atoms with Gasteiger partial charge in [0.05, 0.1) is 9.90 Å². The maximum Gasteiger partial charge on any atom is 0.258 e. The van der Waals surface area contributed by atoms with Crippen molar-refractivity contribution in [3.63, 3.8) is 0 Å². The fourth-order valence-corrected chi connectivity index (χ4v) is 4.59. The summed E-state index contributed by atoms with van der Waals surface area (Å²) in [6.45, 7) is 0.928. The van der Waals surface area contributed by atoms with Crippen LogP contribution in [0.4, 0.5) is 5.69 Å². The van der Waals surface area contributed by atoms with E-state index in [4.69, 9.17) is 23.2 Å². The van der Waals surface area contributed by atoms with E-state index in [1.165, 1.54) is 17.8 Å². The highest BCUT2D eigenvalue weighted by Crippen LogP contribution is 2.32. The average molecular weight is 407 g/mol. The van der Waals surface area contributed by atoms with E-state index in [0.717, 1.165) is 43.0 Å². The second kappa shape index (κ2) is 7.39. The Morgan fingerprint density at radius 3 is 2.85 bits per heavy atom. The maximum absolute atomic E-state index is 12.4. The number of carbonyl (C=O) groups is 1. The van der Waals surface area contributed by atoms with Crippen LogP contribution in [0, 0.1) is 0 Å². The van der Waals surface area contributed by atoms with Gasteiger partial charge in [0.1, 0.15) is 10.2 Å². The number of aromatic nitrogens is 3. The van der Waals surface area contributed by atoms with Gasteiger partial charge in [0.25, 0.3) is 5.91 Å². The Hall–Kier alpha value is -1.89. The Labute approximate surface area is 165 Å². The number of thiophene rings is 1. The van der Waals surface area contributed by atoms with Gasteiger partial charge in [-0.1, -0.05) is 41.8 Å². The Kier molecular flexibility index (Phi) is 4.98. The van der Waals surface area contributed by atoms with Crippen LogP contribution in [-0.2, 0) is 13.0 Å². The summed E-state index contributed by atoms with van der Waals surface area (Å²) in [7, 11) is 0. The third-order valence-corrected chi connectivity index (χ3v) is 5.88.